The number of rotatable bonds is 7. The number of likely N-dealkylation sites (N-methyl/N-ethyl adjacent to an activating group) is 1. The number of hydrogen-bond donors (Lipinski definition) is 0. The van der Waals surface area contributed by atoms with Crippen LogP contribution in [0.2, 0.25) is 0 Å². The number of Topliss-reactive ketones (excluding diaryl/α,β-unsaturated/α-hetero) is 1. The Morgan fingerprint density at radius 3 is 2.20 bits per heavy atom. The molecule has 1 aliphatic rings. The highest BCUT2D eigenvalue weighted by Gasteiger charge is 2.35. The lowest BCUT2D eigenvalue weighted by Gasteiger charge is -2.44. The first kappa shape index (κ1) is 29.4. The number of nitrogens with zero attached hydrogens (tertiary/aromatic N) is 5. The molecule has 0 aliphatic carbocycles. The fourth-order valence-corrected chi connectivity index (χ4v) is 5.88. The third-order valence-corrected chi connectivity index (χ3v) is 8.97. The third-order valence-electron chi connectivity index (χ3n) is 7.25. The number of carbonyl (C=O) groups is 3. The topological polar surface area (TPSA) is 103 Å². The largest absolute Gasteiger partial charge is 0.342 e. The van der Waals surface area contributed by atoms with Crippen molar-refractivity contribution < 1.29 is 27.2 Å². The Morgan fingerprint density at radius 2 is 1.60 bits per heavy atom. The van der Waals surface area contributed by atoms with Crippen LogP contribution < -0.4 is 0 Å². The Morgan fingerprint density at radius 1 is 0.950 bits per heavy atom. The Labute approximate surface area is 233 Å². The Balaban J connectivity index is 1.71. The second kappa shape index (κ2) is 11.1. The van der Waals surface area contributed by atoms with E-state index in [2.05, 4.69) is 4.90 Å². The van der Waals surface area contributed by atoms with Crippen molar-refractivity contribution in [1.29, 1.82) is 0 Å². The number of carbonyl (C=O) groups excluding carboxylic acids is 3. The number of halogens is 1. The number of amides is 2. The fraction of sp³-hybridized carbons (Fsp3) is 0.393. The van der Waals surface area contributed by atoms with Crippen LogP contribution in [0.25, 0.3) is 10.9 Å². The minimum atomic E-state index is -4.00. The van der Waals surface area contributed by atoms with Gasteiger partial charge in [-0.1, -0.05) is 12.1 Å². The van der Waals surface area contributed by atoms with Crippen molar-refractivity contribution in [3.63, 3.8) is 0 Å². The van der Waals surface area contributed by atoms with Gasteiger partial charge in [0.15, 0.2) is 0 Å². The van der Waals surface area contributed by atoms with Crippen LogP contribution in [0.3, 0.4) is 0 Å². The van der Waals surface area contributed by atoms with E-state index in [1.165, 1.54) is 64.7 Å². The van der Waals surface area contributed by atoms with Crippen molar-refractivity contribution in [2.75, 3.05) is 41.3 Å². The molecule has 2 heterocycles. The Bertz CT molecular complexity index is 1570. The maximum absolute atomic E-state index is 14.0. The number of aromatic nitrogens is 1. The summed E-state index contributed by atoms with van der Waals surface area (Å²) in [5.74, 6) is -2.16. The molecule has 10 nitrogen and oxygen atoms in total. The van der Waals surface area contributed by atoms with E-state index in [9.17, 15) is 27.2 Å². The number of ketones is 1. The van der Waals surface area contributed by atoms with E-state index in [1.54, 1.807) is 17.0 Å². The van der Waals surface area contributed by atoms with Gasteiger partial charge in [0, 0.05) is 77.1 Å². The molecule has 214 valence electrons. The first-order chi connectivity index (χ1) is 18.7. The summed E-state index contributed by atoms with van der Waals surface area (Å²) < 4.78 is 41.7. The Hall–Kier alpha value is -3.61. The molecule has 2 atom stereocenters. The summed E-state index contributed by atoms with van der Waals surface area (Å²) in [5.41, 5.74) is 1.37. The molecule has 0 bridgehead atoms. The van der Waals surface area contributed by atoms with Crippen LogP contribution in [0.5, 0.6) is 0 Å². The molecular weight excluding hydrogens is 537 g/mol. The van der Waals surface area contributed by atoms with E-state index < -0.39 is 21.9 Å². The zero-order chi connectivity index (χ0) is 29.5. The summed E-state index contributed by atoms with van der Waals surface area (Å²) >= 11 is 0. The molecule has 4 rings (SSSR count). The van der Waals surface area contributed by atoms with Crippen molar-refractivity contribution in [3.8, 4) is 0 Å². The van der Waals surface area contributed by atoms with E-state index in [1.807, 2.05) is 13.8 Å². The minimum absolute atomic E-state index is 0.0288. The molecule has 2 unspecified atom stereocenters. The zero-order valence-electron chi connectivity index (χ0n) is 23.5. The van der Waals surface area contributed by atoms with E-state index in [0.717, 1.165) is 18.7 Å². The molecule has 1 aromatic heterocycles. The van der Waals surface area contributed by atoms with Gasteiger partial charge in [-0.25, -0.2) is 8.36 Å². The lowest BCUT2D eigenvalue weighted by Crippen LogP contribution is -2.57. The highest BCUT2D eigenvalue weighted by molar-refractivity contribution is 7.87. The monoisotopic (exact) mass is 571 g/mol. The molecule has 2 amide bonds. The smallest absolute Gasteiger partial charge is 0.307 e. The SMILES string of the molecule is CC1CN(C(=O)c2cn(S(=O)(=O)N(C)C)c3ccc(C(=O)C(=O)N(C)C)cc23)C(C)CN1Cc1ccc(F)cc1. The number of piperazine rings is 1. The highest BCUT2D eigenvalue weighted by atomic mass is 32.2. The minimum Gasteiger partial charge on any atom is -0.342 e. The van der Waals surface area contributed by atoms with Gasteiger partial charge in [-0.3, -0.25) is 19.3 Å². The van der Waals surface area contributed by atoms with Crippen molar-refractivity contribution in [2.45, 2.75) is 32.5 Å². The van der Waals surface area contributed by atoms with Crippen LogP contribution in [0.15, 0.2) is 48.7 Å². The van der Waals surface area contributed by atoms with Crippen molar-refractivity contribution in [2.24, 2.45) is 0 Å². The fourth-order valence-electron chi connectivity index (χ4n) is 4.89. The second-order valence-corrected chi connectivity index (χ2v) is 12.6. The molecule has 0 radical (unpaired) electrons. The molecule has 1 aliphatic heterocycles. The van der Waals surface area contributed by atoms with Gasteiger partial charge in [-0.2, -0.15) is 12.7 Å². The number of hydrogen-bond acceptors (Lipinski definition) is 6. The van der Waals surface area contributed by atoms with Gasteiger partial charge >= 0.3 is 10.2 Å². The van der Waals surface area contributed by atoms with Crippen LogP contribution in [-0.4, -0.2) is 102 Å². The summed E-state index contributed by atoms with van der Waals surface area (Å²) in [6.45, 7) is 5.45. The summed E-state index contributed by atoms with van der Waals surface area (Å²) in [6.07, 6.45) is 1.28. The van der Waals surface area contributed by atoms with Crippen LogP contribution >= 0.6 is 0 Å². The lowest BCUT2D eigenvalue weighted by molar-refractivity contribution is -0.124. The van der Waals surface area contributed by atoms with Gasteiger partial charge in [-0.05, 0) is 49.7 Å². The first-order valence-corrected chi connectivity index (χ1v) is 14.3. The first-order valence-electron chi connectivity index (χ1n) is 12.9. The average Bonchev–Trinajstić information content (AvgIpc) is 3.30. The van der Waals surface area contributed by atoms with Crippen LogP contribution in [0.1, 0.15) is 40.1 Å². The number of fused-ring (bicyclic) bond motifs is 1. The van der Waals surface area contributed by atoms with Gasteiger partial charge < -0.3 is 9.80 Å². The molecule has 40 heavy (non-hydrogen) atoms. The molecule has 1 fully saturated rings. The van der Waals surface area contributed by atoms with Gasteiger partial charge in [0.2, 0.25) is 5.78 Å². The molecule has 0 spiro atoms. The van der Waals surface area contributed by atoms with Crippen molar-refractivity contribution in [3.05, 3.63) is 71.2 Å². The van der Waals surface area contributed by atoms with Crippen LogP contribution in [0.4, 0.5) is 4.39 Å². The highest BCUT2D eigenvalue weighted by Crippen LogP contribution is 2.29. The lowest BCUT2D eigenvalue weighted by atomic mass is 10.0. The average molecular weight is 572 g/mol. The second-order valence-electron chi connectivity index (χ2n) is 10.6. The van der Waals surface area contributed by atoms with E-state index >= 15 is 0 Å². The summed E-state index contributed by atoms with van der Waals surface area (Å²) in [7, 11) is 1.71. The van der Waals surface area contributed by atoms with Crippen molar-refractivity contribution >= 4 is 38.7 Å². The summed E-state index contributed by atoms with van der Waals surface area (Å²) in [4.78, 5) is 44.2. The maximum Gasteiger partial charge on any atom is 0.307 e. The summed E-state index contributed by atoms with van der Waals surface area (Å²) in [6, 6.07) is 10.3. The predicted octanol–water partition coefficient (Wildman–Crippen LogP) is 2.44. The molecular formula is C28H34FN5O5S. The molecule has 1 saturated heterocycles. The number of benzene rings is 2. The van der Waals surface area contributed by atoms with Crippen LogP contribution in [0, 0.1) is 5.82 Å². The molecule has 2 aromatic carbocycles. The standard InChI is InChI=1S/C28H34FN5O5S/c1-18-15-33(19(2)14-32(18)16-20-7-10-22(29)11-8-20)27(36)24-17-34(40(38,39)31(5)6)25-12-9-21(13-23(24)25)26(35)28(37)30(3)4/h7-13,17-19H,14-16H2,1-6H3. The Kier molecular flexibility index (Phi) is 8.16. The van der Waals surface area contributed by atoms with Gasteiger partial charge in [-0.15, -0.1) is 0 Å². The third kappa shape index (κ3) is 5.51. The van der Waals surface area contributed by atoms with Crippen LogP contribution in [-0.2, 0) is 21.5 Å². The molecule has 0 N–H and O–H groups in total. The van der Waals surface area contributed by atoms with Gasteiger partial charge in [0.05, 0.1) is 11.1 Å². The molecule has 12 heteroatoms. The maximum atomic E-state index is 14.0. The zero-order valence-corrected chi connectivity index (χ0v) is 24.3. The van der Waals surface area contributed by atoms with E-state index in [4.69, 9.17) is 0 Å². The molecule has 3 aromatic rings. The predicted molar refractivity (Wildman–Crippen MR) is 150 cm³/mol. The van der Waals surface area contributed by atoms with Crippen molar-refractivity contribution in [1.82, 2.24) is 23.0 Å². The molecule has 0 saturated carbocycles. The van der Waals surface area contributed by atoms with E-state index in [0.29, 0.717) is 19.6 Å². The summed E-state index contributed by atoms with van der Waals surface area (Å²) in [5, 5.41) is 0.265. The normalized spacial score (nSPS) is 18.4. The quantitative estimate of drug-likeness (QED) is 0.319. The van der Waals surface area contributed by atoms with E-state index in [-0.39, 0.29) is 45.8 Å². The van der Waals surface area contributed by atoms with Gasteiger partial charge in [0.1, 0.15) is 5.82 Å². The van der Waals surface area contributed by atoms with Gasteiger partial charge in [0.25, 0.3) is 11.8 Å².